The van der Waals surface area contributed by atoms with Crippen LogP contribution in [0.15, 0.2) is 51.0 Å². The average Bonchev–Trinajstić information content (AvgIpc) is 3.07. The number of nitrogens with one attached hydrogen (secondary N) is 1. The zero-order chi connectivity index (χ0) is 23.3. The first-order valence-electron chi connectivity index (χ1n) is 11.2. The fourth-order valence-electron chi connectivity index (χ4n) is 4.29. The SMILES string of the molecule is Cc1nc(N)c2[nH]c(=O)n(Cc3ccc4c(c3)Sc3cc(CCC(C)C)ccc3N4C)c2n1. The van der Waals surface area contributed by atoms with Crippen LogP contribution in [0.4, 0.5) is 17.2 Å². The molecule has 0 unspecified atom stereocenters. The second-order valence-electron chi connectivity index (χ2n) is 9.07. The third-order valence-corrected chi connectivity index (χ3v) is 7.20. The van der Waals surface area contributed by atoms with Gasteiger partial charge in [0.1, 0.15) is 11.3 Å². The van der Waals surface area contributed by atoms with Gasteiger partial charge >= 0.3 is 5.69 Å². The number of H-pyrrole nitrogens is 1. The molecule has 0 saturated heterocycles. The number of aromatic nitrogens is 4. The quantitative estimate of drug-likeness (QED) is 0.441. The van der Waals surface area contributed by atoms with Crippen molar-refractivity contribution in [2.75, 3.05) is 17.7 Å². The summed E-state index contributed by atoms with van der Waals surface area (Å²) in [5, 5.41) is 0. The highest BCUT2D eigenvalue weighted by Gasteiger charge is 2.22. The topological polar surface area (TPSA) is 92.8 Å². The number of nitrogen functional groups attached to an aromatic ring is 1. The third kappa shape index (κ3) is 3.99. The first-order chi connectivity index (χ1) is 15.8. The number of imidazole rings is 1. The van der Waals surface area contributed by atoms with Crippen molar-refractivity contribution in [2.45, 2.75) is 49.9 Å². The maximum Gasteiger partial charge on any atom is 0.328 e. The molecule has 0 aliphatic carbocycles. The minimum absolute atomic E-state index is 0.237. The van der Waals surface area contributed by atoms with E-state index in [0.717, 1.165) is 12.0 Å². The molecule has 0 spiro atoms. The van der Waals surface area contributed by atoms with E-state index in [0.29, 0.717) is 35.3 Å². The normalized spacial score (nSPS) is 12.9. The van der Waals surface area contributed by atoms with Gasteiger partial charge in [-0.3, -0.25) is 4.57 Å². The van der Waals surface area contributed by atoms with E-state index in [1.807, 2.05) is 0 Å². The summed E-state index contributed by atoms with van der Waals surface area (Å²) < 4.78 is 1.62. The molecule has 7 nitrogen and oxygen atoms in total. The average molecular weight is 461 g/mol. The molecule has 170 valence electrons. The Bertz CT molecular complexity index is 1420. The lowest BCUT2D eigenvalue weighted by Gasteiger charge is -2.30. The summed E-state index contributed by atoms with van der Waals surface area (Å²) in [4.78, 5) is 28.7. The lowest BCUT2D eigenvalue weighted by Crippen LogP contribution is -2.18. The lowest BCUT2D eigenvalue weighted by atomic mass is 10.0. The monoisotopic (exact) mass is 460 g/mol. The van der Waals surface area contributed by atoms with Crippen molar-refractivity contribution in [1.29, 1.82) is 0 Å². The Kier molecular flexibility index (Phi) is 5.40. The number of rotatable bonds is 5. The van der Waals surface area contributed by atoms with Gasteiger partial charge in [0.2, 0.25) is 0 Å². The van der Waals surface area contributed by atoms with Gasteiger partial charge in [-0.1, -0.05) is 37.7 Å². The standard InChI is InChI=1S/C25H28N6OS/c1-14(2)5-6-16-7-9-18-20(11-16)33-21-12-17(8-10-19(21)30(18)4)13-31-24-22(29-25(31)32)23(26)27-15(3)28-24/h7-12,14H,5-6,13H2,1-4H3,(H,29,32)(H2,26,27,28). The molecule has 3 N–H and O–H groups in total. The fourth-order valence-corrected chi connectivity index (χ4v) is 5.56. The van der Waals surface area contributed by atoms with E-state index >= 15 is 0 Å². The minimum atomic E-state index is -0.237. The van der Waals surface area contributed by atoms with E-state index in [-0.39, 0.29) is 5.69 Å². The van der Waals surface area contributed by atoms with Gasteiger partial charge in [0.15, 0.2) is 11.5 Å². The molecule has 0 saturated carbocycles. The Labute approximate surface area is 197 Å². The van der Waals surface area contributed by atoms with Gasteiger partial charge in [0.25, 0.3) is 0 Å². The van der Waals surface area contributed by atoms with Gasteiger partial charge in [-0.05, 0) is 61.1 Å². The Morgan fingerprint density at radius 2 is 1.73 bits per heavy atom. The van der Waals surface area contributed by atoms with Gasteiger partial charge in [-0.2, -0.15) is 0 Å². The third-order valence-electron chi connectivity index (χ3n) is 6.10. The van der Waals surface area contributed by atoms with E-state index in [1.54, 1.807) is 23.3 Å². The van der Waals surface area contributed by atoms with Crippen LogP contribution in [0.2, 0.25) is 0 Å². The zero-order valence-corrected chi connectivity index (χ0v) is 20.2. The molecule has 0 bridgehead atoms. The number of hydrogen-bond acceptors (Lipinski definition) is 6. The molecule has 3 heterocycles. The lowest BCUT2D eigenvalue weighted by molar-refractivity contribution is 0.586. The Balaban J connectivity index is 1.47. The summed E-state index contributed by atoms with van der Waals surface area (Å²) in [5.74, 6) is 1.53. The first kappa shape index (κ1) is 21.6. The van der Waals surface area contributed by atoms with Gasteiger partial charge < -0.3 is 15.6 Å². The molecule has 33 heavy (non-hydrogen) atoms. The zero-order valence-electron chi connectivity index (χ0n) is 19.3. The molecule has 0 radical (unpaired) electrons. The summed E-state index contributed by atoms with van der Waals surface area (Å²) >= 11 is 1.79. The van der Waals surface area contributed by atoms with Crippen LogP contribution in [0.5, 0.6) is 0 Å². The molecular formula is C25H28N6OS. The Morgan fingerprint density at radius 3 is 2.42 bits per heavy atom. The van der Waals surface area contributed by atoms with Crippen LogP contribution >= 0.6 is 11.8 Å². The van der Waals surface area contributed by atoms with Crippen LogP contribution in [0, 0.1) is 12.8 Å². The van der Waals surface area contributed by atoms with E-state index < -0.39 is 0 Å². The number of fused-ring (bicyclic) bond motifs is 3. The predicted octanol–water partition coefficient (Wildman–Crippen LogP) is 4.88. The van der Waals surface area contributed by atoms with Gasteiger partial charge in [0.05, 0.1) is 17.9 Å². The van der Waals surface area contributed by atoms with Crippen LogP contribution in [0.25, 0.3) is 11.2 Å². The number of aromatic amines is 1. The summed E-state index contributed by atoms with van der Waals surface area (Å²) in [5.41, 5.74) is 11.6. The largest absolute Gasteiger partial charge is 0.382 e. The van der Waals surface area contributed by atoms with Crippen LogP contribution in [-0.2, 0) is 13.0 Å². The number of nitrogens with two attached hydrogens (primary N) is 1. The van der Waals surface area contributed by atoms with Crippen molar-refractivity contribution >= 4 is 40.1 Å². The van der Waals surface area contributed by atoms with E-state index in [4.69, 9.17) is 5.73 Å². The smallest absolute Gasteiger partial charge is 0.328 e. The Morgan fingerprint density at radius 1 is 1.06 bits per heavy atom. The van der Waals surface area contributed by atoms with Crippen molar-refractivity contribution in [2.24, 2.45) is 5.92 Å². The highest BCUT2D eigenvalue weighted by atomic mass is 32.2. The van der Waals surface area contributed by atoms with Crippen LogP contribution < -0.4 is 16.3 Å². The van der Waals surface area contributed by atoms with E-state index in [9.17, 15) is 4.79 Å². The Hall–Kier alpha value is -3.26. The summed E-state index contributed by atoms with van der Waals surface area (Å²) in [6, 6.07) is 13.2. The van der Waals surface area contributed by atoms with Crippen LogP contribution in [-0.4, -0.2) is 26.6 Å². The summed E-state index contributed by atoms with van der Waals surface area (Å²) in [6.45, 7) is 6.71. The number of benzene rings is 2. The maximum absolute atomic E-state index is 12.6. The van der Waals surface area contributed by atoms with Crippen LogP contribution in [0.1, 0.15) is 37.2 Å². The maximum atomic E-state index is 12.6. The number of hydrogen-bond donors (Lipinski definition) is 2. The van der Waals surface area contributed by atoms with Gasteiger partial charge in [-0.15, -0.1) is 0 Å². The first-order valence-corrected chi connectivity index (χ1v) is 12.0. The van der Waals surface area contributed by atoms with E-state index in [2.05, 4.69) is 77.1 Å². The molecule has 0 fully saturated rings. The molecule has 0 amide bonds. The molecule has 8 heteroatoms. The molecule has 4 aromatic rings. The molecule has 2 aromatic carbocycles. The van der Waals surface area contributed by atoms with Gasteiger partial charge in [-0.25, -0.2) is 14.8 Å². The molecular weight excluding hydrogens is 432 g/mol. The minimum Gasteiger partial charge on any atom is -0.382 e. The highest BCUT2D eigenvalue weighted by Crippen LogP contribution is 2.48. The molecule has 0 atom stereocenters. The molecule has 2 aromatic heterocycles. The number of nitrogens with zero attached hydrogens (tertiary/aromatic N) is 4. The molecule has 1 aliphatic heterocycles. The second kappa shape index (κ2) is 8.26. The highest BCUT2D eigenvalue weighted by molar-refractivity contribution is 7.99. The van der Waals surface area contributed by atoms with E-state index in [1.165, 1.54) is 33.2 Å². The van der Waals surface area contributed by atoms with Crippen molar-refractivity contribution in [1.82, 2.24) is 19.5 Å². The number of aryl methyl sites for hydroxylation is 2. The van der Waals surface area contributed by atoms with Crippen molar-refractivity contribution in [3.63, 3.8) is 0 Å². The summed E-state index contributed by atoms with van der Waals surface area (Å²) in [6.07, 6.45) is 2.28. The number of anilines is 3. The van der Waals surface area contributed by atoms with Gasteiger partial charge in [0, 0.05) is 16.8 Å². The van der Waals surface area contributed by atoms with Crippen molar-refractivity contribution < 1.29 is 0 Å². The molecule has 5 rings (SSSR count). The predicted molar refractivity (Wildman–Crippen MR) is 135 cm³/mol. The fraction of sp³-hybridized carbons (Fsp3) is 0.320. The second-order valence-corrected chi connectivity index (χ2v) is 10.2. The van der Waals surface area contributed by atoms with Crippen LogP contribution in [0.3, 0.4) is 0 Å². The summed E-state index contributed by atoms with van der Waals surface area (Å²) in [7, 11) is 2.11. The molecule has 1 aliphatic rings. The van der Waals surface area contributed by atoms with Crippen molar-refractivity contribution in [3.8, 4) is 0 Å². The van der Waals surface area contributed by atoms with Crippen molar-refractivity contribution in [3.05, 3.63) is 63.8 Å².